The number of rotatable bonds is 67. The predicted octanol–water partition coefficient (Wildman–Crippen LogP) is 19.9. The minimum Gasteiger partial charge on any atom is -0.463 e. The zero-order chi connectivity index (χ0) is 66.7. The minimum absolute atomic E-state index is 0.101. The van der Waals surface area contributed by atoms with Gasteiger partial charge in [-0.1, -0.05) is 266 Å². The molecule has 0 heterocycles. The van der Waals surface area contributed by atoms with E-state index in [1.165, 1.54) is 89.9 Å². The largest absolute Gasteiger partial charge is 0.472 e. The van der Waals surface area contributed by atoms with Crippen molar-refractivity contribution >= 4 is 33.6 Å². The van der Waals surface area contributed by atoms with E-state index < -0.39 is 91.5 Å². The van der Waals surface area contributed by atoms with Crippen LogP contribution in [-0.4, -0.2) is 95.9 Å². The maximum atomic E-state index is 12.9. The molecule has 0 amide bonds. The summed E-state index contributed by atoms with van der Waals surface area (Å²) < 4.78 is 60.9. The molecule has 0 aliphatic carbocycles. The number of ether oxygens (including phenoxy) is 3. The highest BCUT2D eigenvalue weighted by molar-refractivity contribution is 7.47. The molecule has 526 valence electrons. The molecule has 91 heavy (non-hydrogen) atoms. The van der Waals surface area contributed by atoms with Gasteiger partial charge in [0.05, 0.1) is 26.4 Å². The molecule has 0 aromatic heterocycles. The first-order valence-corrected chi connectivity index (χ1v) is 38.5. The molecule has 0 radical (unpaired) electrons. The van der Waals surface area contributed by atoms with Crippen molar-refractivity contribution in [2.24, 2.45) is 0 Å². The standard InChI is InChI=1S/C73H128O16P2/c1-4-7-10-13-16-19-22-25-28-30-31-32-33-34-35-37-40-41-44-47-50-53-56-59-71(76)83-62-68(74)63-85-90(79,80)86-64-69(75)65-87-91(81,82)88-67-70(89-73(78)61-58-55-52-49-46-43-38-27-24-21-18-15-12-9-6-3)66-84-72(77)60-57-54-51-48-45-42-39-36-29-26-23-20-17-14-11-8-5-2/h8,11,16-17,19-20,25-26,28-29,31-32,34-35,39,42,68-70,74-75H,4-7,9-10,12-15,18,21-24,27,30,33,36-38,40-41,43-67H2,1-3H3,(H,79,80)(H,81,82)/b11-8-,19-16-,20-17-,28-25-,29-26-,32-31-,35-34-,42-39-. The van der Waals surface area contributed by atoms with Gasteiger partial charge in [0.2, 0.25) is 0 Å². The molecular weight excluding hydrogens is 1190 g/mol. The summed E-state index contributed by atoms with van der Waals surface area (Å²) in [5, 5.41) is 20.6. The fourth-order valence-corrected chi connectivity index (χ4v) is 11.0. The summed E-state index contributed by atoms with van der Waals surface area (Å²) in [6.07, 6.45) is 73.1. The van der Waals surface area contributed by atoms with E-state index in [-0.39, 0.29) is 19.3 Å². The molecule has 0 aromatic carbocycles. The highest BCUT2D eigenvalue weighted by Gasteiger charge is 2.29. The van der Waals surface area contributed by atoms with Gasteiger partial charge in [-0.15, -0.1) is 0 Å². The summed E-state index contributed by atoms with van der Waals surface area (Å²) in [6, 6.07) is 0. The van der Waals surface area contributed by atoms with Crippen LogP contribution in [0.2, 0.25) is 0 Å². The Morgan fingerprint density at radius 2 is 0.582 bits per heavy atom. The van der Waals surface area contributed by atoms with Crippen LogP contribution >= 0.6 is 15.6 Å². The monoisotopic (exact) mass is 1320 g/mol. The van der Waals surface area contributed by atoms with Crippen molar-refractivity contribution in [3.05, 3.63) is 97.2 Å². The second-order valence-electron chi connectivity index (χ2n) is 23.7. The van der Waals surface area contributed by atoms with E-state index in [1.807, 2.05) is 0 Å². The number of phosphoric ester groups is 2. The third-order valence-corrected chi connectivity index (χ3v) is 16.7. The summed E-state index contributed by atoms with van der Waals surface area (Å²) in [6.45, 7) is 2.51. The Balaban J connectivity index is 4.63. The molecule has 18 heteroatoms. The van der Waals surface area contributed by atoms with Crippen LogP contribution in [0.1, 0.15) is 290 Å². The molecule has 5 unspecified atom stereocenters. The number of aliphatic hydroxyl groups excluding tert-OH is 2. The van der Waals surface area contributed by atoms with Crippen molar-refractivity contribution in [1.29, 1.82) is 0 Å². The van der Waals surface area contributed by atoms with E-state index in [0.717, 1.165) is 141 Å². The molecule has 0 saturated carbocycles. The van der Waals surface area contributed by atoms with Crippen LogP contribution < -0.4 is 0 Å². The minimum atomic E-state index is -4.93. The fourth-order valence-electron chi connectivity index (χ4n) is 9.37. The van der Waals surface area contributed by atoms with Crippen molar-refractivity contribution in [3.63, 3.8) is 0 Å². The second kappa shape index (κ2) is 66.5. The predicted molar refractivity (Wildman–Crippen MR) is 371 cm³/mol. The number of esters is 3. The molecule has 4 N–H and O–H groups in total. The van der Waals surface area contributed by atoms with E-state index in [1.54, 1.807) is 0 Å². The number of phosphoric acid groups is 2. The lowest BCUT2D eigenvalue weighted by atomic mass is 10.0. The molecular formula is C73H128O16P2. The van der Waals surface area contributed by atoms with Crippen LogP contribution in [-0.2, 0) is 55.8 Å². The van der Waals surface area contributed by atoms with E-state index in [4.69, 9.17) is 32.3 Å². The average Bonchev–Trinajstić information content (AvgIpc) is 3.27. The molecule has 16 nitrogen and oxygen atoms in total. The number of allylic oxidation sites excluding steroid dienone is 16. The molecule has 0 spiro atoms. The summed E-state index contributed by atoms with van der Waals surface area (Å²) in [5.41, 5.74) is 0. The van der Waals surface area contributed by atoms with Crippen LogP contribution in [0.3, 0.4) is 0 Å². The molecule has 0 rings (SSSR count). The maximum absolute atomic E-state index is 12.9. The Bertz CT molecular complexity index is 2050. The smallest absolute Gasteiger partial charge is 0.463 e. The molecule has 0 aliphatic heterocycles. The number of hydrogen-bond acceptors (Lipinski definition) is 14. The van der Waals surface area contributed by atoms with Gasteiger partial charge >= 0.3 is 33.6 Å². The van der Waals surface area contributed by atoms with Gasteiger partial charge in [0.25, 0.3) is 0 Å². The highest BCUT2D eigenvalue weighted by atomic mass is 31.2. The van der Waals surface area contributed by atoms with E-state index >= 15 is 0 Å². The summed E-state index contributed by atoms with van der Waals surface area (Å²) >= 11 is 0. The molecule has 0 bridgehead atoms. The Morgan fingerprint density at radius 3 is 0.945 bits per heavy atom. The average molecular weight is 1320 g/mol. The Labute approximate surface area is 552 Å². The van der Waals surface area contributed by atoms with Crippen molar-refractivity contribution in [1.82, 2.24) is 0 Å². The number of hydrogen-bond donors (Lipinski definition) is 4. The lowest BCUT2D eigenvalue weighted by Gasteiger charge is -2.21. The number of carbonyl (C=O) groups is 3. The van der Waals surface area contributed by atoms with Crippen molar-refractivity contribution in [2.45, 2.75) is 309 Å². The molecule has 5 atom stereocenters. The Kier molecular flexibility index (Phi) is 63.9. The SMILES string of the molecule is CC/C=C\C/C=C\C/C=C\C/C=C\CCCCCCC(=O)OCC(COP(=O)(O)OCC(O)COP(=O)(O)OCC(O)COC(=O)CCCCCCCCC/C=C\C/C=C\C/C=C\C/C=C\CCCCC)OC(=O)CCCCCCCCCCCCCCCCC. The van der Waals surface area contributed by atoms with Gasteiger partial charge in [0, 0.05) is 19.3 Å². The topological polar surface area (TPSA) is 231 Å². The first-order valence-electron chi connectivity index (χ1n) is 35.5. The van der Waals surface area contributed by atoms with Gasteiger partial charge in [-0.3, -0.25) is 32.5 Å². The van der Waals surface area contributed by atoms with Gasteiger partial charge in [0.1, 0.15) is 25.4 Å². The van der Waals surface area contributed by atoms with Crippen molar-refractivity contribution in [3.8, 4) is 0 Å². The van der Waals surface area contributed by atoms with Crippen molar-refractivity contribution in [2.75, 3.05) is 39.6 Å². The second-order valence-corrected chi connectivity index (χ2v) is 26.6. The van der Waals surface area contributed by atoms with E-state index in [0.29, 0.717) is 19.3 Å². The molecule has 0 aromatic rings. The maximum Gasteiger partial charge on any atom is 0.472 e. The first kappa shape index (κ1) is 87.5. The van der Waals surface area contributed by atoms with Crippen LogP contribution in [0.15, 0.2) is 97.2 Å². The van der Waals surface area contributed by atoms with Crippen LogP contribution in [0, 0.1) is 0 Å². The van der Waals surface area contributed by atoms with Crippen LogP contribution in [0.5, 0.6) is 0 Å². The highest BCUT2D eigenvalue weighted by Crippen LogP contribution is 2.45. The molecule has 0 fully saturated rings. The quantitative estimate of drug-likeness (QED) is 0.0146. The first-order chi connectivity index (χ1) is 44.2. The lowest BCUT2D eigenvalue weighted by molar-refractivity contribution is -0.161. The zero-order valence-corrected chi connectivity index (χ0v) is 58.8. The number of unbranched alkanes of at least 4 members (excludes halogenated alkanes) is 28. The van der Waals surface area contributed by atoms with Crippen molar-refractivity contribution < 1.29 is 75.8 Å². The summed E-state index contributed by atoms with van der Waals surface area (Å²) in [5.74, 6) is -1.60. The number of carbonyl (C=O) groups excluding carboxylic acids is 3. The van der Waals surface area contributed by atoms with Gasteiger partial charge in [-0.25, -0.2) is 9.13 Å². The van der Waals surface area contributed by atoms with Crippen LogP contribution in [0.4, 0.5) is 0 Å². The van der Waals surface area contributed by atoms with Gasteiger partial charge in [-0.2, -0.15) is 0 Å². The number of aliphatic hydroxyl groups is 2. The Hall–Kier alpha value is -3.53. The van der Waals surface area contributed by atoms with E-state index in [9.17, 15) is 43.5 Å². The van der Waals surface area contributed by atoms with Gasteiger partial charge in [0.15, 0.2) is 6.10 Å². The third kappa shape index (κ3) is 67.7. The Morgan fingerprint density at radius 1 is 0.319 bits per heavy atom. The van der Waals surface area contributed by atoms with Crippen LogP contribution in [0.25, 0.3) is 0 Å². The zero-order valence-electron chi connectivity index (χ0n) is 57.0. The summed E-state index contributed by atoms with van der Waals surface area (Å²) in [7, 11) is -9.78. The van der Waals surface area contributed by atoms with Gasteiger partial charge < -0.3 is 34.2 Å². The summed E-state index contributed by atoms with van der Waals surface area (Å²) in [4.78, 5) is 58.4. The normalized spacial score (nSPS) is 14.8. The van der Waals surface area contributed by atoms with E-state index in [2.05, 4.69) is 118 Å². The van der Waals surface area contributed by atoms with Gasteiger partial charge in [-0.05, 0) is 103 Å². The molecule has 0 saturated heterocycles. The molecule has 0 aliphatic rings. The fraction of sp³-hybridized carbons (Fsp3) is 0.740. The third-order valence-electron chi connectivity index (χ3n) is 14.8. The lowest BCUT2D eigenvalue weighted by Crippen LogP contribution is -2.30.